The lowest BCUT2D eigenvalue weighted by Crippen LogP contribution is -2.32. The first-order valence-corrected chi connectivity index (χ1v) is 9.93. The number of carbonyl (C=O) groups excluding carboxylic acids is 2. The van der Waals surface area contributed by atoms with Gasteiger partial charge in [0.1, 0.15) is 5.76 Å². The van der Waals surface area contributed by atoms with Gasteiger partial charge in [-0.1, -0.05) is 41.4 Å². The SMILES string of the molecule is Cc1ccc([C@@H]2C(=C(O)c3ccc(Cl)cc3)C(=O)C(=O)N2CCCN(C)C)cc1. The summed E-state index contributed by atoms with van der Waals surface area (Å²) in [5, 5.41) is 11.5. The Morgan fingerprint density at radius 1 is 1.07 bits per heavy atom. The number of amides is 1. The Morgan fingerprint density at radius 2 is 1.69 bits per heavy atom. The number of Topliss-reactive ketones (excluding diaryl/α,β-unsaturated/α-hetero) is 1. The van der Waals surface area contributed by atoms with E-state index in [9.17, 15) is 14.7 Å². The minimum atomic E-state index is -0.659. The number of hydrogen-bond donors (Lipinski definition) is 1. The number of carbonyl (C=O) groups is 2. The van der Waals surface area contributed by atoms with Gasteiger partial charge < -0.3 is 14.9 Å². The highest BCUT2D eigenvalue weighted by molar-refractivity contribution is 6.46. The van der Waals surface area contributed by atoms with Gasteiger partial charge in [0.05, 0.1) is 11.6 Å². The third kappa shape index (κ3) is 4.52. The van der Waals surface area contributed by atoms with Crippen LogP contribution in [0.1, 0.15) is 29.2 Å². The van der Waals surface area contributed by atoms with Crippen LogP contribution in [-0.2, 0) is 9.59 Å². The van der Waals surface area contributed by atoms with E-state index in [0.717, 1.165) is 24.1 Å². The Labute approximate surface area is 176 Å². The number of aliphatic hydroxyl groups excluding tert-OH is 1. The van der Waals surface area contributed by atoms with Gasteiger partial charge >= 0.3 is 0 Å². The van der Waals surface area contributed by atoms with Crippen LogP contribution in [0.15, 0.2) is 54.1 Å². The summed E-state index contributed by atoms with van der Waals surface area (Å²) in [6, 6.07) is 13.6. The van der Waals surface area contributed by atoms with Crippen molar-refractivity contribution in [2.24, 2.45) is 0 Å². The minimum Gasteiger partial charge on any atom is -0.507 e. The maximum atomic E-state index is 12.9. The summed E-state index contributed by atoms with van der Waals surface area (Å²) in [6.07, 6.45) is 0.726. The molecule has 5 nitrogen and oxygen atoms in total. The first kappa shape index (κ1) is 21.1. The summed E-state index contributed by atoms with van der Waals surface area (Å²) in [6.45, 7) is 3.20. The molecule has 0 radical (unpaired) electrons. The van der Waals surface area contributed by atoms with Crippen molar-refractivity contribution in [3.8, 4) is 0 Å². The fourth-order valence-corrected chi connectivity index (χ4v) is 3.65. The Kier molecular flexibility index (Phi) is 6.40. The van der Waals surface area contributed by atoms with E-state index in [4.69, 9.17) is 11.6 Å². The molecule has 1 heterocycles. The highest BCUT2D eigenvalue weighted by atomic mass is 35.5. The highest BCUT2D eigenvalue weighted by Gasteiger charge is 2.45. The topological polar surface area (TPSA) is 60.9 Å². The predicted molar refractivity (Wildman–Crippen MR) is 115 cm³/mol. The number of rotatable bonds is 6. The van der Waals surface area contributed by atoms with E-state index in [1.165, 1.54) is 0 Å². The van der Waals surface area contributed by atoms with E-state index < -0.39 is 17.7 Å². The van der Waals surface area contributed by atoms with Crippen molar-refractivity contribution >= 4 is 29.1 Å². The minimum absolute atomic E-state index is 0.117. The maximum absolute atomic E-state index is 12.9. The first-order valence-electron chi connectivity index (χ1n) is 9.55. The lowest BCUT2D eigenvalue weighted by molar-refractivity contribution is -0.139. The van der Waals surface area contributed by atoms with Crippen molar-refractivity contribution in [3.05, 3.63) is 75.8 Å². The van der Waals surface area contributed by atoms with E-state index in [0.29, 0.717) is 17.1 Å². The highest BCUT2D eigenvalue weighted by Crippen LogP contribution is 2.39. The molecule has 1 aliphatic heterocycles. The summed E-state index contributed by atoms with van der Waals surface area (Å²) in [5.74, 6) is -1.42. The van der Waals surface area contributed by atoms with E-state index >= 15 is 0 Å². The number of aryl methyl sites for hydroxylation is 1. The van der Waals surface area contributed by atoms with Crippen molar-refractivity contribution in [1.82, 2.24) is 9.80 Å². The van der Waals surface area contributed by atoms with Crippen molar-refractivity contribution in [3.63, 3.8) is 0 Å². The summed E-state index contributed by atoms with van der Waals surface area (Å²) in [5.41, 5.74) is 2.45. The number of halogens is 1. The molecule has 0 aliphatic carbocycles. The van der Waals surface area contributed by atoms with Crippen LogP contribution in [0, 0.1) is 6.92 Å². The van der Waals surface area contributed by atoms with E-state index in [-0.39, 0.29) is 11.3 Å². The van der Waals surface area contributed by atoms with Gasteiger partial charge in [0.15, 0.2) is 0 Å². The average Bonchev–Trinajstić information content (AvgIpc) is 2.93. The van der Waals surface area contributed by atoms with Crippen LogP contribution in [-0.4, -0.2) is 53.8 Å². The monoisotopic (exact) mass is 412 g/mol. The van der Waals surface area contributed by atoms with Crippen molar-refractivity contribution in [2.75, 3.05) is 27.2 Å². The van der Waals surface area contributed by atoms with Crippen molar-refractivity contribution in [1.29, 1.82) is 0 Å². The zero-order chi connectivity index (χ0) is 21.1. The van der Waals surface area contributed by atoms with Gasteiger partial charge in [0.2, 0.25) is 0 Å². The predicted octanol–water partition coefficient (Wildman–Crippen LogP) is 4.02. The molecule has 0 bridgehead atoms. The second-order valence-electron chi connectivity index (χ2n) is 7.57. The van der Waals surface area contributed by atoms with Gasteiger partial charge in [-0.3, -0.25) is 9.59 Å². The molecular weight excluding hydrogens is 388 g/mol. The lowest BCUT2D eigenvalue weighted by atomic mass is 9.94. The molecule has 2 aromatic rings. The standard InChI is InChI=1S/C23H25ClN2O3/c1-15-5-7-16(8-6-15)20-19(21(27)17-9-11-18(24)12-10-17)22(28)23(29)26(20)14-4-13-25(2)3/h5-12,20,27H,4,13-14H2,1-3H3/t20-/m1/s1. The molecule has 0 unspecified atom stereocenters. The molecule has 1 N–H and O–H groups in total. The van der Waals surface area contributed by atoms with E-state index in [1.807, 2.05) is 50.2 Å². The Bertz CT molecular complexity index is 934. The molecule has 1 aliphatic rings. The maximum Gasteiger partial charge on any atom is 0.295 e. The average molecular weight is 413 g/mol. The normalized spacial score (nSPS) is 18.7. The number of hydrogen-bond acceptors (Lipinski definition) is 4. The van der Waals surface area contributed by atoms with Crippen LogP contribution in [0.5, 0.6) is 0 Å². The molecule has 3 rings (SSSR count). The third-order valence-corrected chi connectivity index (χ3v) is 5.31. The number of likely N-dealkylation sites (tertiary alicyclic amines) is 1. The van der Waals surface area contributed by atoms with Gasteiger partial charge in [-0.15, -0.1) is 0 Å². The summed E-state index contributed by atoms with van der Waals surface area (Å²) in [7, 11) is 3.93. The van der Waals surface area contributed by atoms with Crippen molar-refractivity contribution < 1.29 is 14.7 Å². The summed E-state index contributed by atoms with van der Waals surface area (Å²) < 4.78 is 0. The second kappa shape index (κ2) is 8.80. The van der Waals surface area contributed by atoms with Crippen molar-refractivity contribution in [2.45, 2.75) is 19.4 Å². The summed E-state index contributed by atoms with van der Waals surface area (Å²) >= 11 is 5.94. The van der Waals surface area contributed by atoms with E-state index in [2.05, 4.69) is 0 Å². The van der Waals surface area contributed by atoms with Gasteiger partial charge in [-0.2, -0.15) is 0 Å². The molecular formula is C23H25ClN2O3. The van der Waals surface area contributed by atoms with Gasteiger partial charge in [0.25, 0.3) is 11.7 Å². The number of aliphatic hydroxyl groups is 1. The smallest absolute Gasteiger partial charge is 0.295 e. The molecule has 29 heavy (non-hydrogen) atoms. The second-order valence-corrected chi connectivity index (χ2v) is 8.00. The molecule has 0 aromatic heterocycles. The number of benzene rings is 2. The number of ketones is 1. The third-order valence-electron chi connectivity index (χ3n) is 5.06. The zero-order valence-electron chi connectivity index (χ0n) is 16.9. The molecule has 2 aromatic carbocycles. The Balaban J connectivity index is 2.07. The molecule has 1 saturated heterocycles. The molecule has 1 fully saturated rings. The molecule has 0 spiro atoms. The molecule has 1 amide bonds. The van der Waals surface area contributed by atoms with Gasteiger partial charge in [-0.25, -0.2) is 0 Å². The molecule has 0 saturated carbocycles. The van der Waals surface area contributed by atoms with Crippen LogP contribution < -0.4 is 0 Å². The van der Waals surface area contributed by atoms with E-state index in [1.54, 1.807) is 29.2 Å². The van der Waals surface area contributed by atoms with Gasteiger partial charge in [-0.05, 0) is 63.8 Å². The molecule has 152 valence electrons. The fraction of sp³-hybridized carbons (Fsp3) is 0.304. The summed E-state index contributed by atoms with van der Waals surface area (Å²) in [4.78, 5) is 29.3. The largest absolute Gasteiger partial charge is 0.507 e. The quantitative estimate of drug-likeness (QED) is 0.442. The fourth-order valence-electron chi connectivity index (χ4n) is 3.53. The zero-order valence-corrected chi connectivity index (χ0v) is 17.6. The van der Waals surface area contributed by atoms with Crippen LogP contribution in [0.2, 0.25) is 5.02 Å². The number of nitrogens with zero attached hydrogens (tertiary/aromatic N) is 2. The van der Waals surface area contributed by atoms with Gasteiger partial charge in [0, 0.05) is 17.1 Å². The molecule has 6 heteroatoms. The van der Waals surface area contributed by atoms with Crippen LogP contribution in [0.4, 0.5) is 0 Å². The Morgan fingerprint density at radius 3 is 2.28 bits per heavy atom. The van der Waals surface area contributed by atoms with Crippen LogP contribution in [0.25, 0.3) is 5.76 Å². The Hall–Kier alpha value is -2.63. The molecule has 1 atom stereocenters. The van der Waals surface area contributed by atoms with Crippen LogP contribution in [0.3, 0.4) is 0 Å². The first-order chi connectivity index (χ1) is 13.8. The lowest BCUT2D eigenvalue weighted by Gasteiger charge is -2.26. The van der Waals surface area contributed by atoms with Crippen LogP contribution >= 0.6 is 11.6 Å².